The van der Waals surface area contributed by atoms with Gasteiger partial charge in [0.25, 0.3) is 5.91 Å². The zero-order valence-corrected chi connectivity index (χ0v) is 24.6. The van der Waals surface area contributed by atoms with Crippen molar-refractivity contribution in [2.24, 2.45) is 0 Å². The van der Waals surface area contributed by atoms with E-state index in [-0.39, 0.29) is 22.8 Å². The van der Waals surface area contributed by atoms with Crippen molar-refractivity contribution in [2.45, 2.75) is 25.4 Å². The normalized spacial score (nSPS) is 12.6. The summed E-state index contributed by atoms with van der Waals surface area (Å²) in [5.41, 5.74) is 11.4. The number of pyridine rings is 1. The highest BCUT2D eigenvalue weighted by molar-refractivity contribution is 6.33. The van der Waals surface area contributed by atoms with Crippen LogP contribution in [0.1, 0.15) is 44.2 Å². The molecule has 42 heavy (non-hydrogen) atoms. The number of nitrogens with zero attached hydrogens (tertiary/aromatic N) is 3. The van der Waals surface area contributed by atoms with Gasteiger partial charge in [-0.1, -0.05) is 90.5 Å². The Hall–Kier alpha value is -4.40. The van der Waals surface area contributed by atoms with Gasteiger partial charge in [-0.05, 0) is 60.8 Å². The lowest BCUT2D eigenvalue weighted by molar-refractivity contribution is 0.0731. The molecule has 1 aliphatic rings. The maximum absolute atomic E-state index is 13.5. The summed E-state index contributed by atoms with van der Waals surface area (Å²) in [7, 11) is 3.95. The Morgan fingerprint density at radius 3 is 2.12 bits per heavy atom. The molecule has 3 N–H and O–H groups in total. The predicted octanol–water partition coefficient (Wildman–Crippen LogP) is 5.45. The summed E-state index contributed by atoms with van der Waals surface area (Å²) in [6.07, 6.45) is 3.29. The number of amides is 3. The van der Waals surface area contributed by atoms with Gasteiger partial charge in [0.05, 0.1) is 16.6 Å². The summed E-state index contributed by atoms with van der Waals surface area (Å²) in [6, 6.07) is 27.1. The van der Waals surface area contributed by atoms with Crippen molar-refractivity contribution in [2.75, 3.05) is 32.6 Å². The maximum Gasteiger partial charge on any atom is 0.334 e. The molecule has 1 aliphatic carbocycles. The fourth-order valence-electron chi connectivity index (χ4n) is 5.17. The fourth-order valence-corrected chi connectivity index (χ4v) is 5.38. The molecular formula is C33H35ClN6O2. The monoisotopic (exact) mass is 582 g/mol. The first-order valence-corrected chi connectivity index (χ1v) is 14.4. The number of urea groups is 1. The number of hydrazine groups is 1. The smallest absolute Gasteiger partial charge is 0.333 e. The van der Waals surface area contributed by atoms with Gasteiger partial charge in [-0.2, -0.15) is 0 Å². The van der Waals surface area contributed by atoms with Gasteiger partial charge in [-0.25, -0.2) is 9.78 Å². The van der Waals surface area contributed by atoms with Crippen LogP contribution in [0.3, 0.4) is 0 Å². The van der Waals surface area contributed by atoms with Crippen LogP contribution in [0, 0.1) is 0 Å². The summed E-state index contributed by atoms with van der Waals surface area (Å²) in [6.45, 7) is 1.74. The minimum absolute atomic E-state index is 0.168. The van der Waals surface area contributed by atoms with Gasteiger partial charge >= 0.3 is 6.03 Å². The number of benzene rings is 3. The molecule has 1 aromatic heterocycles. The average Bonchev–Trinajstić information content (AvgIpc) is 3.16. The quantitative estimate of drug-likeness (QED) is 0.228. The first-order valence-electron chi connectivity index (χ1n) is 14.0. The van der Waals surface area contributed by atoms with Crippen molar-refractivity contribution in [3.05, 3.63) is 130 Å². The molecule has 1 heterocycles. The second kappa shape index (κ2) is 13.5. The van der Waals surface area contributed by atoms with Crippen LogP contribution in [0.15, 0.2) is 91.1 Å². The predicted molar refractivity (Wildman–Crippen MR) is 166 cm³/mol. The number of fused-ring (bicyclic) bond motifs is 2. The van der Waals surface area contributed by atoms with Crippen LogP contribution >= 0.6 is 11.6 Å². The van der Waals surface area contributed by atoms with Crippen LogP contribution in [0.25, 0.3) is 0 Å². The van der Waals surface area contributed by atoms with E-state index in [0.717, 1.165) is 29.5 Å². The van der Waals surface area contributed by atoms with E-state index < -0.39 is 6.03 Å². The Bertz CT molecular complexity index is 1500. The number of hydrogen-bond donors (Lipinski definition) is 3. The zero-order valence-electron chi connectivity index (χ0n) is 23.8. The maximum atomic E-state index is 13.5. The van der Waals surface area contributed by atoms with E-state index in [2.05, 4.69) is 45.4 Å². The van der Waals surface area contributed by atoms with E-state index in [1.54, 1.807) is 11.0 Å². The van der Waals surface area contributed by atoms with Gasteiger partial charge in [0.1, 0.15) is 0 Å². The minimum atomic E-state index is -0.428. The van der Waals surface area contributed by atoms with Crippen molar-refractivity contribution < 1.29 is 9.59 Å². The molecule has 5 rings (SSSR count). The summed E-state index contributed by atoms with van der Waals surface area (Å²) in [5.74, 6) is 0.0750. The molecule has 0 fully saturated rings. The van der Waals surface area contributed by atoms with Crippen molar-refractivity contribution in [1.82, 2.24) is 25.5 Å². The Balaban J connectivity index is 1.26. The Morgan fingerprint density at radius 1 is 0.881 bits per heavy atom. The Kier molecular flexibility index (Phi) is 9.36. The molecule has 0 atom stereocenters. The second-order valence-corrected chi connectivity index (χ2v) is 11.0. The minimum Gasteiger partial charge on any atom is -0.333 e. The van der Waals surface area contributed by atoms with Crippen LogP contribution in [0.5, 0.6) is 0 Å². The molecule has 4 aromatic rings. The highest BCUT2D eigenvalue weighted by Gasteiger charge is 2.25. The number of carbonyl (C=O) groups is 2. The summed E-state index contributed by atoms with van der Waals surface area (Å²) in [4.78, 5) is 34.7. The zero-order chi connectivity index (χ0) is 29.5. The summed E-state index contributed by atoms with van der Waals surface area (Å²) >= 11 is 6.52. The van der Waals surface area contributed by atoms with Gasteiger partial charge in [0, 0.05) is 25.8 Å². The SMILES string of the molecule is CN(C)CCN(Cc1ccccc1)C(=O)c1cnc(NNC(=O)NC2c3ccccc3CCc3ccccc32)c(Cl)c1. The number of halogens is 1. The van der Waals surface area contributed by atoms with Gasteiger partial charge in [0.15, 0.2) is 5.82 Å². The van der Waals surface area contributed by atoms with E-state index in [1.165, 1.54) is 17.3 Å². The number of likely N-dealkylation sites (N-methyl/N-ethyl adjacent to an activating group) is 1. The first-order chi connectivity index (χ1) is 20.4. The van der Waals surface area contributed by atoms with Gasteiger partial charge in [0.2, 0.25) is 0 Å². The van der Waals surface area contributed by atoms with Crippen LogP contribution in [0.4, 0.5) is 10.6 Å². The third-order valence-electron chi connectivity index (χ3n) is 7.37. The molecule has 3 amide bonds. The largest absolute Gasteiger partial charge is 0.334 e. The average molecular weight is 583 g/mol. The standard InChI is InChI=1S/C33H35ClN6O2/c1-39(2)18-19-40(22-23-10-4-3-5-11-23)32(41)26-20-29(34)31(35-21-26)37-38-33(42)36-30-27-14-8-6-12-24(27)16-17-25-13-7-9-15-28(25)30/h3-15,20-21,30H,16-19,22H2,1-2H3,(H,35,37)(H2,36,38,42). The van der Waals surface area contributed by atoms with Crippen molar-refractivity contribution in [3.63, 3.8) is 0 Å². The number of carbonyl (C=O) groups excluding carboxylic acids is 2. The van der Waals surface area contributed by atoms with Gasteiger partial charge in [-0.3, -0.25) is 15.6 Å². The molecular weight excluding hydrogens is 548 g/mol. The van der Waals surface area contributed by atoms with Crippen molar-refractivity contribution >= 4 is 29.4 Å². The van der Waals surface area contributed by atoms with Crippen LogP contribution in [-0.2, 0) is 19.4 Å². The van der Waals surface area contributed by atoms with E-state index in [1.807, 2.05) is 73.6 Å². The first kappa shape index (κ1) is 29.1. The number of aromatic nitrogens is 1. The lowest BCUT2D eigenvalue weighted by Gasteiger charge is -2.25. The molecule has 0 saturated heterocycles. The van der Waals surface area contributed by atoms with Crippen LogP contribution in [0.2, 0.25) is 5.02 Å². The van der Waals surface area contributed by atoms with Crippen LogP contribution in [-0.4, -0.2) is 53.9 Å². The highest BCUT2D eigenvalue weighted by atomic mass is 35.5. The van der Waals surface area contributed by atoms with Crippen molar-refractivity contribution in [3.8, 4) is 0 Å². The summed E-state index contributed by atoms with van der Waals surface area (Å²) in [5, 5.41) is 3.32. The molecule has 0 spiro atoms. The molecule has 8 nitrogen and oxygen atoms in total. The lowest BCUT2D eigenvalue weighted by Crippen LogP contribution is -2.41. The van der Waals surface area contributed by atoms with Gasteiger partial charge in [-0.15, -0.1) is 0 Å². The van der Waals surface area contributed by atoms with Crippen molar-refractivity contribution in [1.29, 1.82) is 0 Å². The van der Waals surface area contributed by atoms with E-state index >= 15 is 0 Å². The fraction of sp³-hybridized carbons (Fsp3) is 0.242. The molecule has 216 valence electrons. The van der Waals surface area contributed by atoms with E-state index in [9.17, 15) is 9.59 Å². The number of anilines is 1. The lowest BCUT2D eigenvalue weighted by atomic mass is 9.95. The third-order valence-corrected chi connectivity index (χ3v) is 7.66. The highest BCUT2D eigenvalue weighted by Crippen LogP contribution is 2.32. The molecule has 0 bridgehead atoms. The number of aryl methyl sites for hydroxylation is 2. The topological polar surface area (TPSA) is 89.6 Å². The van der Waals surface area contributed by atoms with E-state index in [4.69, 9.17) is 11.6 Å². The number of nitrogens with one attached hydrogen (secondary N) is 3. The number of rotatable bonds is 9. The number of hydrogen-bond acceptors (Lipinski definition) is 5. The molecule has 0 aliphatic heterocycles. The molecule has 3 aromatic carbocycles. The molecule has 0 radical (unpaired) electrons. The Labute approximate surface area is 251 Å². The van der Waals surface area contributed by atoms with E-state index in [0.29, 0.717) is 25.2 Å². The molecule has 0 saturated carbocycles. The second-order valence-electron chi connectivity index (χ2n) is 10.6. The summed E-state index contributed by atoms with van der Waals surface area (Å²) < 4.78 is 0. The van der Waals surface area contributed by atoms with Gasteiger partial charge < -0.3 is 15.1 Å². The van der Waals surface area contributed by atoms with Crippen LogP contribution < -0.4 is 16.2 Å². The molecule has 9 heteroatoms. The third kappa shape index (κ3) is 7.08. The Morgan fingerprint density at radius 2 is 1.50 bits per heavy atom. The molecule has 0 unspecified atom stereocenters.